The van der Waals surface area contributed by atoms with Crippen molar-refractivity contribution in [3.63, 3.8) is 0 Å². The molecule has 76 valence electrons. The molecule has 0 saturated carbocycles. The van der Waals surface area contributed by atoms with E-state index in [-0.39, 0.29) is 6.10 Å². The third-order valence-electron chi connectivity index (χ3n) is 2.45. The van der Waals surface area contributed by atoms with Crippen LogP contribution in [0.15, 0.2) is 43.0 Å². The van der Waals surface area contributed by atoms with Crippen molar-refractivity contribution in [1.82, 2.24) is 0 Å². The Kier molecular flexibility index (Phi) is 3.44. The molecule has 0 unspecified atom stereocenters. The zero-order valence-electron chi connectivity index (χ0n) is 8.73. The van der Waals surface area contributed by atoms with Crippen LogP contribution >= 0.6 is 0 Å². The normalized spacial score (nSPS) is 17.1. The van der Waals surface area contributed by atoms with E-state index in [0.29, 0.717) is 0 Å². The minimum Gasteiger partial charge on any atom is -0.375 e. The molecule has 0 aliphatic carbocycles. The predicted molar refractivity (Wildman–Crippen MR) is 59.0 cm³/mol. The molecule has 0 amide bonds. The van der Waals surface area contributed by atoms with Crippen LogP contribution < -0.4 is 5.73 Å². The van der Waals surface area contributed by atoms with Crippen molar-refractivity contribution in [3.05, 3.63) is 48.6 Å². The van der Waals surface area contributed by atoms with E-state index in [2.05, 4.69) is 6.58 Å². The van der Waals surface area contributed by atoms with Crippen molar-refractivity contribution in [2.24, 2.45) is 5.73 Å². The number of ether oxygens (including phenoxy) is 1. The number of rotatable bonds is 4. The number of benzene rings is 1. The van der Waals surface area contributed by atoms with Crippen molar-refractivity contribution in [3.8, 4) is 0 Å². The van der Waals surface area contributed by atoms with Gasteiger partial charge in [0, 0.05) is 7.11 Å². The van der Waals surface area contributed by atoms with Crippen LogP contribution in [0, 0.1) is 0 Å². The molecule has 2 heteroatoms. The summed E-state index contributed by atoms with van der Waals surface area (Å²) in [6.07, 6.45) is 1.55. The van der Waals surface area contributed by atoms with Crippen LogP contribution in [-0.2, 0) is 10.3 Å². The van der Waals surface area contributed by atoms with Crippen molar-refractivity contribution in [1.29, 1.82) is 0 Å². The van der Waals surface area contributed by atoms with Gasteiger partial charge in [-0.05, 0) is 12.5 Å². The third kappa shape index (κ3) is 2.03. The summed E-state index contributed by atoms with van der Waals surface area (Å²) >= 11 is 0. The average molecular weight is 191 g/mol. The number of hydrogen-bond donors (Lipinski definition) is 1. The van der Waals surface area contributed by atoms with Crippen molar-refractivity contribution < 1.29 is 4.74 Å². The van der Waals surface area contributed by atoms with E-state index in [4.69, 9.17) is 10.5 Å². The number of nitrogens with two attached hydrogens (primary N) is 1. The zero-order valence-corrected chi connectivity index (χ0v) is 8.73. The van der Waals surface area contributed by atoms with E-state index in [1.807, 2.05) is 37.3 Å². The lowest BCUT2D eigenvalue weighted by Crippen LogP contribution is -2.45. The monoisotopic (exact) mass is 191 g/mol. The standard InChI is InChI=1S/C12H17NO/c1-4-11(14-3)12(2,13)10-8-6-5-7-9-10/h4-9,11H,1,13H2,2-3H3/t11-,12-/m1/s1. The maximum absolute atomic E-state index is 6.21. The molecule has 0 radical (unpaired) electrons. The molecule has 0 heterocycles. The van der Waals surface area contributed by atoms with Crippen LogP contribution in [0.25, 0.3) is 0 Å². The van der Waals surface area contributed by atoms with Gasteiger partial charge in [-0.15, -0.1) is 6.58 Å². The van der Waals surface area contributed by atoms with E-state index >= 15 is 0 Å². The Hall–Kier alpha value is -1.12. The first kappa shape index (κ1) is 11.0. The van der Waals surface area contributed by atoms with Crippen LogP contribution in [0.4, 0.5) is 0 Å². The summed E-state index contributed by atoms with van der Waals surface area (Å²) in [6, 6.07) is 9.90. The molecule has 0 saturated heterocycles. The van der Waals surface area contributed by atoms with E-state index in [1.54, 1.807) is 13.2 Å². The molecule has 0 aliphatic rings. The molecule has 0 spiro atoms. The quantitative estimate of drug-likeness (QED) is 0.739. The zero-order chi connectivity index (χ0) is 10.6. The minimum absolute atomic E-state index is 0.176. The molecule has 0 aromatic heterocycles. The highest BCUT2D eigenvalue weighted by Gasteiger charge is 2.29. The highest BCUT2D eigenvalue weighted by atomic mass is 16.5. The second-order valence-corrected chi connectivity index (χ2v) is 3.54. The first-order chi connectivity index (χ1) is 6.62. The van der Waals surface area contributed by atoms with Crippen LogP contribution in [0.1, 0.15) is 12.5 Å². The summed E-state index contributed by atoms with van der Waals surface area (Å²) < 4.78 is 5.28. The molecular weight excluding hydrogens is 174 g/mol. The Bertz CT molecular complexity index is 292. The van der Waals surface area contributed by atoms with Gasteiger partial charge in [0.15, 0.2) is 0 Å². The first-order valence-electron chi connectivity index (χ1n) is 4.62. The topological polar surface area (TPSA) is 35.2 Å². The molecule has 0 fully saturated rings. The smallest absolute Gasteiger partial charge is 0.0967 e. The summed E-state index contributed by atoms with van der Waals surface area (Å²) in [7, 11) is 1.64. The SMILES string of the molecule is C=C[C@@H](OC)[C@](C)(N)c1ccccc1. The minimum atomic E-state index is -0.530. The lowest BCUT2D eigenvalue weighted by Gasteiger charge is -2.31. The van der Waals surface area contributed by atoms with Gasteiger partial charge in [0.1, 0.15) is 0 Å². The molecule has 2 N–H and O–H groups in total. The van der Waals surface area contributed by atoms with Crippen LogP contribution in [0.3, 0.4) is 0 Å². The Morgan fingerprint density at radius 2 is 2.00 bits per heavy atom. The van der Waals surface area contributed by atoms with E-state index in [9.17, 15) is 0 Å². The van der Waals surface area contributed by atoms with E-state index < -0.39 is 5.54 Å². The van der Waals surface area contributed by atoms with Gasteiger partial charge in [-0.1, -0.05) is 36.4 Å². The Morgan fingerprint density at radius 1 is 1.43 bits per heavy atom. The fourth-order valence-corrected chi connectivity index (χ4v) is 1.55. The lowest BCUT2D eigenvalue weighted by atomic mass is 9.87. The fourth-order valence-electron chi connectivity index (χ4n) is 1.55. The van der Waals surface area contributed by atoms with Gasteiger partial charge in [0.2, 0.25) is 0 Å². The fraction of sp³-hybridized carbons (Fsp3) is 0.333. The highest BCUT2D eigenvalue weighted by molar-refractivity contribution is 5.26. The van der Waals surface area contributed by atoms with E-state index in [1.165, 1.54) is 0 Å². The molecular formula is C12H17NO. The van der Waals surface area contributed by atoms with Crippen LogP contribution in [0.2, 0.25) is 0 Å². The summed E-state index contributed by atoms with van der Waals surface area (Å²) in [6.45, 7) is 5.66. The third-order valence-corrected chi connectivity index (χ3v) is 2.45. The molecule has 0 bridgehead atoms. The Morgan fingerprint density at radius 3 is 2.43 bits per heavy atom. The van der Waals surface area contributed by atoms with Gasteiger partial charge in [-0.25, -0.2) is 0 Å². The molecule has 2 nitrogen and oxygen atoms in total. The molecule has 1 aromatic carbocycles. The second-order valence-electron chi connectivity index (χ2n) is 3.54. The van der Waals surface area contributed by atoms with Gasteiger partial charge >= 0.3 is 0 Å². The largest absolute Gasteiger partial charge is 0.375 e. The van der Waals surface area contributed by atoms with Crippen LogP contribution in [0.5, 0.6) is 0 Å². The average Bonchev–Trinajstić information content (AvgIpc) is 2.20. The first-order valence-corrected chi connectivity index (χ1v) is 4.62. The van der Waals surface area contributed by atoms with E-state index in [0.717, 1.165) is 5.56 Å². The maximum atomic E-state index is 6.21. The summed E-state index contributed by atoms with van der Waals surface area (Å²) in [5.74, 6) is 0. The lowest BCUT2D eigenvalue weighted by molar-refractivity contribution is 0.0781. The maximum Gasteiger partial charge on any atom is 0.0967 e. The number of hydrogen-bond acceptors (Lipinski definition) is 2. The Balaban J connectivity index is 3.00. The summed E-state index contributed by atoms with van der Waals surface area (Å²) in [4.78, 5) is 0. The van der Waals surface area contributed by atoms with Gasteiger partial charge in [-0.2, -0.15) is 0 Å². The second kappa shape index (κ2) is 4.40. The molecule has 1 rings (SSSR count). The van der Waals surface area contributed by atoms with Crippen molar-refractivity contribution >= 4 is 0 Å². The van der Waals surface area contributed by atoms with Gasteiger partial charge in [0.05, 0.1) is 11.6 Å². The number of methoxy groups -OCH3 is 1. The summed E-state index contributed by atoms with van der Waals surface area (Å²) in [5.41, 5.74) is 6.72. The summed E-state index contributed by atoms with van der Waals surface area (Å²) in [5, 5.41) is 0. The molecule has 2 atom stereocenters. The van der Waals surface area contributed by atoms with Gasteiger partial charge < -0.3 is 10.5 Å². The van der Waals surface area contributed by atoms with Gasteiger partial charge in [-0.3, -0.25) is 0 Å². The molecule has 1 aromatic rings. The van der Waals surface area contributed by atoms with Crippen molar-refractivity contribution in [2.45, 2.75) is 18.6 Å². The van der Waals surface area contributed by atoms with Crippen molar-refractivity contribution in [2.75, 3.05) is 7.11 Å². The van der Waals surface area contributed by atoms with Crippen LogP contribution in [-0.4, -0.2) is 13.2 Å². The van der Waals surface area contributed by atoms with Gasteiger partial charge in [0.25, 0.3) is 0 Å². The highest BCUT2D eigenvalue weighted by Crippen LogP contribution is 2.23. The molecule has 0 aliphatic heterocycles. The molecule has 14 heavy (non-hydrogen) atoms. The predicted octanol–water partition coefficient (Wildman–Crippen LogP) is 2.06. The Labute approximate surface area is 85.4 Å².